The second kappa shape index (κ2) is 8.73. The zero-order valence-corrected chi connectivity index (χ0v) is 17.2. The minimum Gasteiger partial charge on any atom is -0.491 e. The fourth-order valence-electron chi connectivity index (χ4n) is 3.38. The van der Waals surface area contributed by atoms with Crippen LogP contribution in [-0.4, -0.2) is 32.7 Å². The number of hydrogen-bond acceptors (Lipinski definition) is 6. The molecule has 2 heterocycles. The van der Waals surface area contributed by atoms with Crippen molar-refractivity contribution in [2.24, 2.45) is 0 Å². The van der Waals surface area contributed by atoms with Gasteiger partial charge in [-0.3, -0.25) is 4.98 Å². The van der Waals surface area contributed by atoms with Gasteiger partial charge in [0.25, 0.3) is 0 Å². The molecule has 0 atom stereocenters. The first-order valence-electron chi connectivity index (χ1n) is 9.79. The molecule has 2 aromatic heterocycles. The minimum absolute atomic E-state index is 0.440. The van der Waals surface area contributed by atoms with E-state index >= 15 is 0 Å². The molecule has 0 saturated carbocycles. The van der Waals surface area contributed by atoms with Crippen molar-refractivity contribution in [2.45, 2.75) is 26.9 Å². The Balaban J connectivity index is 1.54. The Hall–Kier alpha value is -3.74. The van der Waals surface area contributed by atoms with Crippen LogP contribution in [0.3, 0.4) is 0 Å². The number of aromatic amines is 1. The monoisotopic (exact) mass is 401 g/mol. The van der Waals surface area contributed by atoms with Crippen LogP contribution in [0.15, 0.2) is 54.6 Å². The molecule has 4 aromatic rings. The Labute approximate surface area is 175 Å². The number of nitrogens with zero attached hydrogens (tertiary/aromatic N) is 4. The predicted molar refractivity (Wildman–Crippen MR) is 114 cm³/mol. The van der Waals surface area contributed by atoms with Crippen molar-refractivity contribution in [1.29, 1.82) is 0 Å². The highest BCUT2D eigenvalue weighted by molar-refractivity contribution is 5.80. The van der Waals surface area contributed by atoms with E-state index in [-0.39, 0.29) is 0 Å². The predicted octanol–water partition coefficient (Wildman–Crippen LogP) is 4.39. The van der Waals surface area contributed by atoms with Crippen molar-refractivity contribution in [2.75, 3.05) is 7.11 Å². The summed E-state index contributed by atoms with van der Waals surface area (Å²) in [5, 5.41) is 14.4. The van der Waals surface area contributed by atoms with Crippen LogP contribution in [0.5, 0.6) is 11.5 Å². The first-order valence-corrected chi connectivity index (χ1v) is 9.79. The van der Waals surface area contributed by atoms with E-state index in [9.17, 15) is 0 Å². The van der Waals surface area contributed by atoms with Crippen LogP contribution in [0.25, 0.3) is 22.5 Å². The lowest BCUT2D eigenvalue weighted by Crippen LogP contribution is -2.02. The average molecular weight is 401 g/mol. The highest BCUT2D eigenvalue weighted by Gasteiger charge is 2.13. The minimum atomic E-state index is 0.440. The summed E-state index contributed by atoms with van der Waals surface area (Å²) in [6, 6.07) is 18.2. The summed E-state index contributed by atoms with van der Waals surface area (Å²) in [7, 11) is 1.64. The normalized spacial score (nSPS) is 10.8. The number of ether oxygens (including phenoxy) is 2. The summed E-state index contributed by atoms with van der Waals surface area (Å²) in [6.07, 6.45) is 0.843. The Morgan fingerprint density at radius 2 is 1.77 bits per heavy atom. The van der Waals surface area contributed by atoms with Gasteiger partial charge in [-0.05, 0) is 35.2 Å². The molecule has 0 aliphatic carbocycles. The zero-order valence-electron chi connectivity index (χ0n) is 17.2. The maximum atomic E-state index is 6.07. The molecule has 0 radical (unpaired) electrons. The third-order valence-corrected chi connectivity index (χ3v) is 4.90. The molecule has 0 amide bonds. The summed E-state index contributed by atoms with van der Waals surface area (Å²) >= 11 is 0. The standard InChI is InChI=1S/C23H23N5O2/c1-4-18-13-21(22(29-3)15(2)24-18)30-14-16-9-11-17(12-10-16)19-7-5-6-8-20(19)23-25-27-28-26-23/h5-13H,4,14H2,1-3H3,(H,25,26,27,28). The maximum absolute atomic E-state index is 6.07. The maximum Gasteiger partial charge on any atom is 0.205 e. The fraction of sp³-hybridized carbons (Fsp3) is 0.217. The first kappa shape index (κ1) is 19.6. The lowest BCUT2D eigenvalue weighted by atomic mass is 9.98. The summed E-state index contributed by atoms with van der Waals surface area (Å²) in [5.41, 5.74) is 5.93. The Bertz CT molecular complexity index is 1130. The second-order valence-electron chi connectivity index (χ2n) is 6.85. The van der Waals surface area contributed by atoms with E-state index in [1.807, 2.05) is 37.3 Å². The van der Waals surface area contributed by atoms with E-state index in [0.29, 0.717) is 23.9 Å². The number of methoxy groups -OCH3 is 1. The largest absolute Gasteiger partial charge is 0.491 e. The third kappa shape index (κ3) is 4.00. The molecular formula is C23H23N5O2. The van der Waals surface area contributed by atoms with Crippen LogP contribution in [0.1, 0.15) is 23.9 Å². The van der Waals surface area contributed by atoms with Gasteiger partial charge in [-0.2, -0.15) is 5.21 Å². The van der Waals surface area contributed by atoms with E-state index in [4.69, 9.17) is 9.47 Å². The van der Waals surface area contributed by atoms with Gasteiger partial charge in [0.1, 0.15) is 6.61 Å². The summed E-state index contributed by atoms with van der Waals surface area (Å²) in [4.78, 5) is 4.53. The molecule has 0 spiro atoms. The van der Waals surface area contributed by atoms with Gasteiger partial charge in [0, 0.05) is 17.3 Å². The van der Waals surface area contributed by atoms with Crippen LogP contribution < -0.4 is 9.47 Å². The smallest absolute Gasteiger partial charge is 0.205 e. The van der Waals surface area contributed by atoms with Gasteiger partial charge in [-0.1, -0.05) is 55.5 Å². The molecule has 1 N–H and O–H groups in total. The van der Waals surface area contributed by atoms with Gasteiger partial charge in [0.15, 0.2) is 11.5 Å². The molecule has 0 aliphatic heterocycles. The van der Waals surface area contributed by atoms with Gasteiger partial charge in [0.05, 0.1) is 12.8 Å². The van der Waals surface area contributed by atoms with Crippen molar-refractivity contribution in [3.05, 3.63) is 71.5 Å². The molecule has 4 rings (SSSR count). The lowest BCUT2D eigenvalue weighted by Gasteiger charge is -2.14. The SMILES string of the molecule is CCc1cc(OCc2ccc(-c3ccccc3-c3nn[nH]n3)cc2)c(OC)c(C)n1. The Morgan fingerprint density at radius 3 is 2.43 bits per heavy atom. The van der Waals surface area contributed by atoms with Crippen molar-refractivity contribution in [1.82, 2.24) is 25.6 Å². The topological polar surface area (TPSA) is 85.8 Å². The number of aromatic nitrogens is 5. The number of H-pyrrole nitrogens is 1. The molecule has 0 unspecified atom stereocenters. The van der Waals surface area contributed by atoms with Crippen molar-refractivity contribution < 1.29 is 9.47 Å². The average Bonchev–Trinajstić information content (AvgIpc) is 3.32. The van der Waals surface area contributed by atoms with Gasteiger partial charge >= 0.3 is 0 Å². The molecule has 152 valence electrons. The van der Waals surface area contributed by atoms with E-state index < -0.39 is 0 Å². The summed E-state index contributed by atoms with van der Waals surface area (Å²) < 4.78 is 11.6. The molecule has 0 saturated heterocycles. The molecule has 7 heteroatoms. The molecule has 0 aliphatic rings. The van der Waals surface area contributed by atoms with Gasteiger partial charge < -0.3 is 9.47 Å². The van der Waals surface area contributed by atoms with Gasteiger partial charge in [0.2, 0.25) is 5.82 Å². The van der Waals surface area contributed by atoms with Gasteiger partial charge in [-0.25, -0.2) is 0 Å². The van der Waals surface area contributed by atoms with E-state index in [2.05, 4.69) is 56.8 Å². The molecular weight excluding hydrogens is 378 g/mol. The first-order chi connectivity index (χ1) is 14.7. The van der Waals surface area contributed by atoms with E-state index in [1.54, 1.807) is 7.11 Å². The molecule has 0 fully saturated rings. The van der Waals surface area contributed by atoms with Crippen molar-refractivity contribution >= 4 is 0 Å². The van der Waals surface area contributed by atoms with Crippen LogP contribution in [0, 0.1) is 6.92 Å². The molecule has 2 aromatic carbocycles. The van der Waals surface area contributed by atoms with Crippen LogP contribution >= 0.6 is 0 Å². The number of pyridine rings is 1. The summed E-state index contributed by atoms with van der Waals surface area (Å²) in [5.74, 6) is 1.97. The van der Waals surface area contributed by atoms with Crippen molar-refractivity contribution in [3.63, 3.8) is 0 Å². The van der Waals surface area contributed by atoms with E-state index in [0.717, 1.165) is 40.1 Å². The quantitative estimate of drug-likeness (QED) is 0.494. The Kier molecular flexibility index (Phi) is 5.70. The third-order valence-electron chi connectivity index (χ3n) is 4.90. The van der Waals surface area contributed by atoms with Crippen LogP contribution in [0.4, 0.5) is 0 Å². The number of hydrogen-bond donors (Lipinski definition) is 1. The van der Waals surface area contributed by atoms with E-state index in [1.165, 1.54) is 0 Å². The van der Waals surface area contributed by atoms with Gasteiger partial charge in [-0.15, -0.1) is 10.2 Å². The second-order valence-corrected chi connectivity index (χ2v) is 6.85. The fourth-order valence-corrected chi connectivity index (χ4v) is 3.38. The summed E-state index contributed by atoms with van der Waals surface area (Å²) in [6.45, 7) is 4.44. The number of aryl methyl sites for hydroxylation is 2. The lowest BCUT2D eigenvalue weighted by molar-refractivity contribution is 0.282. The highest BCUT2D eigenvalue weighted by atomic mass is 16.5. The Morgan fingerprint density at radius 1 is 1.00 bits per heavy atom. The van der Waals surface area contributed by atoms with Crippen LogP contribution in [-0.2, 0) is 13.0 Å². The van der Waals surface area contributed by atoms with Crippen molar-refractivity contribution in [3.8, 4) is 34.0 Å². The highest BCUT2D eigenvalue weighted by Crippen LogP contribution is 2.32. The molecule has 0 bridgehead atoms. The zero-order chi connectivity index (χ0) is 20.9. The molecule has 30 heavy (non-hydrogen) atoms. The number of nitrogens with one attached hydrogen (secondary N) is 1. The number of rotatable bonds is 7. The molecule has 7 nitrogen and oxygen atoms in total. The van der Waals surface area contributed by atoms with Crippen LogP contribution in [0.2, 0.25) is 0 Å². The number of benzene rings is 2. The number of tetrazole rings is 1.